The maximum Gasteiger partial charge on any atom is 0.305 e. The van der Waals surface area contributed by atoms with Crippen LogP contribution in [0.3, 0.4) is 0 Å². The van der Waals surface area contributed by atoms with Crippen LogP contribution in [0.4, 0.5) is 0 Å². The van der Waals surface area contributed by atoms with E-state index in [0.29, 0.717) is 42.5 Å². The maximum absolute atomic E-state index is 11.1. The minimum absolute atomic E-state index is 0.154. The lowest BCUT2D eigenvalue weighted by atomic mass is 9.71. The van der Waals surface area contributed by atoms with E-state index < -0.39 is 0 Å². The van der Waals surface area contributed by atoms with Gasteiger partial charge in [0, 0.05) is 20.3 Å². The predicted molar refractivity (Wildman–Crippen MR) is 313 cm³/mol. The fourth-order valence-electron chi connectivity index (χ4n) is 10.1. The Labute approximate surface area is 447 Å². The summed E-state index contributed by atoms with van der Waals surface area (Å²) in [5, 5.41) is 0. The second-order valence-electron chi connectivity index (χ2n) is 23.1. The summed E-state index contributed by atoms with van der Waals surface area (Å²) in [5.74, 6) is -0.637. The SMILES string of the molecule is CC(=O)OC/C=C(C)/C=C/C=C(\C)CCC1=C(C)CCCC1(C)C.CC(=O)OC/C=C(C)/C=C/C=C(\C)CCC1=C(C)CCCC1(C)C.CCC(=O)OC/C=C(C)/C=C/C=C(\C)CCC1=C(C)CCCC1(C)C. The molecule has 0 bridgehead atoms. The van der Waals surface area contributed by atoms with Crippen molar-refractivity contribution in [3.8, 4) is 0 Å². The third-order valence-corrected chi connectivity index (χ3v) is 14.9. The van der Waals surface area contributed by atoms with Gasteiger partial charge in [-0.15, -0.1) is 0 Å². The normalized spacial score (nSPS) is 19.0. The average Bonchev–Trinajstić information content (AvgIpc) is 3.28. The van der Waals surface area contributed by atoms with Gasteiger partial charge < -0.3 is 14.2 Å². The van der Waals surface area contributed by atoms with Crippen molar-refractivity contribution in [2.75, 3.05) is 19.8 Å². The molecule has 0 radical (unpaired) electrons. The van der Waals surface area contributed by atoms with Gasteiger partial charge in [-0.05, 0) is 193 Å². The molecule has 0 atom stereocenters. The Morgan fingerprint density at radius 3 is 0.973 bits per heavy atom. The van der Waals surface area contributed by atoms with Crippen LogP contribution in [0.25, 0.3) is 0 Å². The second-order valence-corrected chi connectivity index (χ2v) is 23.1. The summed E-state index contributed by atoms with van der Waals surface area (Å²) in [6.45, 7) is 39.7. The molecule has 3 rings (SSSR count). The summed E-state index contributed by atoms with van der Waals surface area (Å²) in [5.41, 5.74) is 18.5. The molecule has 3 aliphatic carbocycles. The highest BCUT2D eigenvalue weighted by molar-refractivity contribution is 5.69. The van der Waals surface area contributed by atoms with Crippen molar-refractivity contribution in [2.45, 2.75) is 227 Å². The molecule has 0 saturated heterocycles. The number of ether oxygens (including phenoxy) is 3. The van der Waals surface area contributed by atoms with E-state index in [-0.39, 0.29) is 17.9 Å². The molecule has 0 fully saturated rings. The zero-order valence-corrected chi connectivity index (χ0v) is 49.8. The quantitative estimate of drug-likeness (QED) is 0.0465. The summed E-state index contributed by atoms with van der Waals surface area (Å²) < 4.78 is 14.9. The minimum atomic E-state index is -0.242. The van der Waals surface area contributed by atoms with E-state index in [1.165, 1.54) is 108 Å². The number of hydrogen-bond donors (Lipinski definition) is 0. The zero-order valence-electron chi connectivity index (χ0n) is 49.8. The third kappa shape index (κ3) is 29.1. The number of allylic oxidation sites excluding steroid dienone is 21. The van der Waals surface area contributed by atoms with E-state index in [9.17, 15) is 14.4 Å². The van der Waals surface area contributed by atoms with Gasteiger partial charge in [-0.25, -0.2) is 0 Å². The van der Waals surface area contributed by atoms with E-state index in [4.69, 9.17) is 14.2 Å². The van der Waals surface area contributed by atoms with Gasteiger partial charge in [0.15, 0.2) is 0 Å². The summed E-state index contributed by atoms with van der Waals surface area (Å²) in [7, 11) is 0. The molecule has 0 amide bonds. The van der Waals surface area contributed by atoms with Crippen LogP contribution in [0, 0.1) is 16.2 Å². The molecule has 0 aromatic heterocycles. The molecule has 3 aliphatic rings. The number of esters is 3. The maximum atomic E-state index is 11.1. The van der Waals surface area contributed by atoms with Crippen LogP contribution in [0.2, 0.25) is 0 Å². The molecule has 6 nitrogen and oxygen atoms in total. The lowest BCUT2D eigenvalue weighted by Gasteiger charge is -2.34. The van der Waals surface area contributed by atoms with Crippen molar-refractivity contribution < 1.29 is 28.6 Å². The van der Waals surface area contributed by atoms with Crippen molar-refractivity contribution in [1.82, 2.24) is 0 Å². The Balaban J connectivity index is 0.000000548. The Morgan fingerprint density at radius 1 is 0.452 bits per heavy atom. The predicted octanol–water partition coefficient (Wildman–Crippen LogP) is 19.3. The molecular weight excluding hydrogens is 901 g/mol. The standard InChI is InChI=1S/C23H36O2.2C22H34O2/c1-7-22(24)25-17-15-19(3)11-8-10-18(2)13-14-21-20(4)12-9-16-23(21,5)6;2*1-17(9-7-10-18(2)14-16-24-20(4)23)12-13-21-19(3)11-8-15-22(21,5)6/h8,10-11,15H,7,9,12-14,16-17H2,1-6H3;2*7,9-10,14H,8,11-13,15-16H2,1-6H3/b11-8+,18-10+,19-15+;2*10-7+,17-9+,18-14+. The summed E-state index contributed by atoms with van der Waals surface area (Å²) in [6.07, 6.45) is 43.9. The summed E-state index contributed by atoms with van der Waals surface area (Å²) >= 11 is 0. The molecular formula is C67H104O6. The molecule has 6 heteroatoms. The van der Waals surface area contributed by atoms with Gasteiger partial charge in [0.05, 0.1) is 0 Å². The van der Waals surface area contributed by atoms with Crippen LogP contribution in [0.15, 0.2) is 140 Å². The lowest BCUT2D eigenvalue weighted by Crippen LogP contribution is -2.20. The molecule has 0 N–H and O–H groups in total. The zero-order chi connectivity index (χ0) is 55.2. The van der Waals surface area contributed by atoms with Crippen LogP contribution < -0.4 is 0 Å². The molecule has 0 unspecified atom stereocenters. The largest absolute Gasteiger partial charge is 0.462 e. The summed E-state index contributed by atoms with van der Waals surface area (Å²) in [4.78, 5) is 32.5. The van der Waals surface area contributed by atoms with E-state index >= 15 is 0 Å². The van der Waals surface area contributed by atoms with Crippen LogP contribution >= 0.6 is 0 Å². The van der Waals surface area contributed by atoms with Crippen molar-refractivity contribution in [3.05, 3.63) is 140 Å². The monoisotopic (exact) mass is 1000 g/mol. The molecule has 0 aromatic carbocycles. The molecule has 0 aliphatic heterocycles. The Morgan fingerprint density at radius 2 is 0.726 bits per heavy atom. The van der Waals surface area contributed by atoms with E-state index in [0.717, 1.165) is 36.0 Å². The molecule has 73 heavy (non-hydrogen) atoms. The number of rotatable bonds is 22. The lowest BCUT2D eigenvalue weighted by molar-refractivity contribution is -0.142. The van der Waals surface area contributed by atoms with Gasteiger partial charge in [-0.1, -0.05) is 170 Å². The highest BCUT2D eigenvalue weighted by Gasteiger charge is 2.29. The number of hydrogen-bond acceptors (Lipinski definition) is 6. The first-order valence-corrected chi connectivity index (χ1v) is 27.7. The Hall–Kier alpha value is -4.71. The van der Waals surface area contributed by atoms with Gasteiger partial charge in [-0.2, -0.15) is 0 Å². The van der Waals surface area contributed by atoms with Crippen LogP contribution in [0.1, 0.15) is 227 Å². The molecule has 0 aromatic rings. The van der Waals surface area contributed by atoms with Gasteiger partial charge in [0.2, 0.25) is 0 Å². The van der Waals surface area contributed by atoms with Crippen molar-refractivity contribution in [3.63, 3.8) is 0 Å². The topological polar surface area (TPSA) is 78.9 Å². The minimum Gasteiger partial charge on any atom is -0.462 e. The Bertz CT molecular complexity index is 2070. The van der Waals surface area contributed by atoms with Crippen molar-refractivity contribution in [2.24, 2.45) is 16.2 Å². The van der Waals surface area contributed by atoms with Crippen molar-refractivity contribution in [1.29, 1.82) is 0 Å². The Kier molecular flexibility index (Phi) is 31.5. The van der Waals surface area contributed by atoms with Gasteiger partial charge >= 0.3 is 17.9 Å². The van der Waals surface area contributed by atoms with Gasteiger partial charge in [0.1, 0.15) is 19.8 Å². The van der Waals surface area contributed by atoms with Crippen molar-refractivity contribution >= 4 is 17.9 Å². The highest BCUT2D eigenvalue weighted by atomic mass is 16.5. The van der Waals surface area contributed by atoms with Crippen LogP contribution in [-0.2, 0) is 28.6 Å². The van der Waals surface area contributed by atoms with Crippen LogP contribution in [0.5, 0.6) is 0 Å². The smallest absolute Gasteiger partial charge is 0.305 e. The first-order valence-electron chi connectivity index (χ1n) is 27.7. The fraction of sp³-hybridized carbons (Fsp3) is 0.597. The fourth-order valence-corrected chi connectivity index (χ4v) is 10.1. The highest BCUT2D eigenvalue weighted by Crippen LogP contribution is 2.45. The molecule has 0 heterocycles. The van der Waals surface area contributed by atoms with Gasteiger partial charge in [0.25, 0.3) is 0 Å². The summed E-state index contributed by atoms with van der Waals surface area (Å²) in [6, 6.07) is 0. The first kappa shape index (κ1) is 66.3. The van der Waals surface area contributed by atoms with Gasteiger partial charge in [-0.3, -0.25) is 14.4 Å². The second kappa shape index (κ2) is 34.7. The third-order valence-electron chi connectivity index (χ3n) is 14.9. The number of carbonyl (C=O) groups is 3. The van der Waals surface area contributed by atoms with E-state index in [2.05, 4.69) is 138 Å². The molecule has 0 saturated carbocycles. The molecule has 0 spiro atoms. The average molecular weight is 1010 g/mol. The number of carbonyl (C=O) groups excluding carboxylic acids is 3. The van der Waals surface area contributed by atoms with Crippen LogP contribution in [-0.4, -0.2) is 37.7 Å². The molecule has 408 valence electrons. The van der Waals surface area contributed by atoms with E-state index in [1.807, 2.05) is 39.0 Å². The first-order chi connectivity index (χ1) is 34.2. The van der Waals surface area contributed by atoms with E-state index in [1.54, 1.807) is 40.4 Å².